The number of nitrogens with two attached hydrogens (primary N) is 1. The van der Waals surface area contributed by atoms with Gasteiger partial charge in [-0.1, -0.05) is 79.3 Å². The Labute approximate surface area is 157 Å². The Bertz CT molecular complexity index is 725. The molecule has 2 aromatic carbocycles. The third-order valence-corrected chi connectivity index (χ3v) is 5.72. The van der Waals surface area contributed by atoms with Gasteiger partial charge in [0.1, 0.15) is 0 Å². The zero-order valence-electron chi connectivity index (χ0n) is 13.3. The highest BCUT2D eigenvalue weighted by molar-refractivity contribution is 6.42. The molecule has 0 bridgehead atoms. The minimum absolute atomic E-state index is 0.109. The van der Waals surface area contributed by atoms with Crippen LogP contribution in [0.3, 0.4) is 0 Å². The molecule has 0 radical (unpaired) electrons. The Morgan fingerprint density at radius 3 is 2.17 bits per heavy atom. The molecular formula is C18H19Cl4N. The Morgan fingerprint density at radius 2 is 1.57 bits per heavy atom. The van der Waals surface area contributed by atoms with Gasteiger partial charge in [-0.05, 0) is 47.1 Å². The molecule has 0 aliphatic heterocycles. The second-order valence-corrected chi connectivity index (χ2v) is 7.61. The lowest BCUT2D eigenvalue weighted by atomic mass is 9.91. The fourth-order valence-electron chi connectivity index (χ4n) is 2.66. The summed E-state index contributed by atoms with van der Waals surface area (Å²) in [7, 11) is 0. The second kappa shape index (κ2) is 7.53. The zero-order chi connectivity index (χ0) is 17.3. The Balaban J connectivity index is 2.45. The van der Waals surface area contributed by atoms with E-state index in [1.807, 2.05) is 18.2 Å². The summed E-state index contributed by atoms with van der Waals surface area (Å²) >= 11 is 25.4. The number of nitrogen functional groups attached to an aromatic ring is 1. The van der Waals surface area contributed by atoms with Gasteiger partial charge in [-0.15, -0.1) is 0 Å². The van der Waals surface area contributed by atoms with Crippen LogP contribution in [0, 0.1) is 0 Å². The van der Waals surface area contributed by atoms with Crippen LogP contribution in [0.5, 0.6) is 0 Å². The highest BCUT2D eigenvalue weighted by Gasteiger charge is 2.20. The maximum atomic E-state index is 6.58. The summed E-state index contributed by atoms with van der Waals surface area (Å²) in [5.74, 6) is 0.379. The topological polar surface area (TPSA) is 26.0 Å². The van der Waals surface area contributed by atoms with Crippen LogP contribution in [0.15, 0.2) is 24.3 Å². The lowest BCUT2D eigenvalue weighted by Crippen LogP contribution is -2.05. The van der Waals surface area contributed by atoms with Crippen LogP contribution in [0.2, 0.25) is 20.1 Å². The lowest BCUT2D eigenvalue weighted by Gasteiger charge is -2.20. The maximum Gasteiger partial charge on any atom is 0.0682 e. The highest BCUT2D eigenvalue weighted by atomic mass is 35.5. The number of halogens is 4. The lowest BCUT2D eigenvalue weighted by molar-refractivity contribution is 0.756. The summed E-state index contributed by atoms with van der Waals surface area (Å²) in [5.41, 5.74) is 9.45. The standard InChI is InChI=1S/C18H19Cl4N/c1-9(2)12-8-15(23)18(22)13(16(12)20)7-10(3)11-5-4-6-14(19)17(11)21/h4-6,8-10H,7,23H2,1-3H3. The van der Waals surface area contributed by atoms with E-state index in [1.54, 1.807) is 6.07 Å². The van der Waals surface area contributed by atoms with Crippen molar-refractivity contribution in [2.45, 2.75) is 39.0 Å². The summed E-state index contributed by atoms with van der Waals surface area (Å²) < 4.78 is 0. The maximum absolute atomic E-state index is 6.58. The Morgan fingerprint density at radius 1 is 0.913 bits per heavy atom. The van der Waals surface area contributed by atoms with Crippen molar-refractivity contribution in [2.24, 2.45) is 0 Å². The van der Waals surface area contributed by atoms with Crippen LogP contribution in [0.25, 0.3) is 0 Å². The second-order valence-electron chi connectivity index (χ2n) is 6.06. The van der Waals surface area contributed by atoms with Crippen molar-refractivity contribution in [2.75, 3.05) is 5.73 Å². The molecule has 23 heavy (non-hydrogen) atoms. The van der Waals surface area contributed by atoms with Gasteiger partial charge >= 0.3 is 0 Å². The van der Waals surface area contributed by atoms with E-state index in [4.69, 9.17) is 52.1 Å². The molecule has 0 spiro atoms. The van der Waals surface area contributed by atoms with Crippen molar-refractivity contribution >= 4 is 52.1 Å². The molecule has 0 aliphatic rings. The van der Waals surface area contributed by atoms with E-state index in [9.17, 15) is 0 Å². The van der Waals surface area contributed by atoms with Gasteiger partial charge in [0.05, 0.1) is 20.8 Å². The normalized spacial score (nSPS) is 12.7. The Hall–Kier alpha value is -0.600. The molecule has 2 rings (SSSR count). The molecule has 1 atom stereocenters. The molecule has 0 saturated carbocycles. The molecule has 1 unspecified atom stereocenters. The van der Waals surface area contributed by atoms with E-state index in [1.165, 1.54) is 0 Å². The van der Waals surface area contributed by atoms with Crippen LogP contribution in [-0.2, 0) is 6.42 Å². The van der Waals surface area contributed by atoms with Crippen LogP contribution in [0.4, 0.5) is 5.69 Å². The predicted octanol–water partition coefficient (Wildman–Crippen LogP) is 7.35. The van der Waals surface area contributed by atoms with E-state index in [0.717, 1.165) is 16.7 Å². The molecule has 0 aromatic heterocycles. The van der Waals surface area contributed by atoms with Gasteiger partial charge in [0, 0.05) is 5.02 Å². The number of benzene rings is 2. The van der Waals surface area contributed by atoms with Crippen molar-refractivity contribution in [3.8, 4) is 0 Å². The highest BCUT2D eigenvalue weighted by Crippen LogP contribution is 2.40. The first-order valence-corrected chi connectivity index (χ1v) is 8.95. The van der Waals surface area contributed by atoms with Crippen LogP contribution in [0.1, 0.15) is 49.3 Å². The Kier molecular flexibility index (Phi) is 6.13. The minimum atomic E-state index is 0.109. The van der Waals surface area contributed by atoms with Gasteiger partial charge in [0.25, 0.3) is 0 Å². The van der Waals surface area contributed by atoms with Gasteiger partial charge < -0.3 is 5.73 Å². The van der Waals surface area contributed by atoms with Crippen molar-refractivity contribution < 1.29 is 0 Å². The number of hydrogen-bond acceptors (Lipinski definition) is 1. The van der Waals surface area contributed by atoms with E-state index >= 15 is 0 Å². The van der Waals surface area contributed by atoms with Crippen LogP contribution < -0.4 is 5.73 Å². The molecule has 5 heteroatoms. The van der Waals surface area contributed by atoms with Crippen molar-refractivity contribution in [1.82, 2.24) is 0 Å². The van der Waals surface area contributed by atoms with E-state index in [2.05, 4.69) is 20.8 Å². The number of anilines is 1. The summed E-state index contributed by atoms with van der Waals surface area (Å²) in [5, 5.41) is 2.32. The van der Waals surface area contributed by atoms with Crippen molar-refractivity contribution in [1.29, 1.82) is 0 Å². The van der Waals surface area contributed by atoms with Gasteiger partial charge in [-0.2, -0.15) is 0 Å². The smallest absolute Gasteiger partial charge is 0.0682 e. The molecule has 0 fully saturated rings. The third-order valence-electron chi connectivity index (χ3n) is 3.99. The molecule has 0 heterocycles. The fourth-order valence-corrected chi connectivity index (χ4v) is 3.87. The molecular weight excluding hydrogens is 372 g/mol. The molecule has 1 nitrogen and oxygen atoms in total. The van der Waals surface area contributed by atoms with Gasteiger partial charge in [-0.3, -0.25) is 0 Å². The molecule has 0 aliphatic carbocycles. The first-order valence-electron chi connectivity index (χ1n) is 7.44. The summed E-state index contributed by atoms with van der Waals surface area (Å²) in [6.45, 7) is 6.23. The summed E-state index contributed by atoms with van der Waals surface area (Å²) in [6.07, 6.45) is 0.641. The van der Waals surface area contributed by atoms with E-state index in [0.29, 0.717) is 32.2 Å². The largest absolute Gasteiger partial charge is 0.398 e. The number of hydrogen-bond donors (Lipinski definition) is 1. The fraction of sp³-hybridized carbons (Fsp3) is 0.333. The van der Waals surface area contributed by atoms with Crippen LogP contribution >= 0.6 is 46.4 Å². The molecule has 124 valence electrons. The molecule has 0 amide bonds. The van der Waals surface area contributed by atoms with E-state index < -0.39 is 0 Å². The summed E-state index contributed by atoms with van der Waals surface area (Å²) in [6, 6.07) is 7.49. The monoisotopic (exact) mass is 389 g/mol. The number of rotatable bonds is 4. The predicted molar refractivity (Wildman–Crippen MR) is 104 cm³/mol. The molecule has 0 saturated heterocycles. The first kappa shape index (κ1) is 18.7. The van der Waals surface area contributed by atoms with Crippen molar-refractivity contribution in [3.05, 3.63) is 61.0 Å². The van der Waals surface area contributed by atoms with Gasteiger partial charge in [-0.25, -0.2) is 0 Å². The van der Waals surface area contributed by atoms with Gasteiger partial charge in [0.15, 0.2) is 0 Å². The van der Waals surface area contributed by atoms with Crippen LogP contribution in [-0.4, -0.2) is 0 Å². The van der Waals surface area contributed by atoms with Gasteiger partial charge in [0.2, 0.25) is 0 Å². The molecule has 2 N–H and O–H groups in total. The van der Waals surface area contributed by atoms with E-state index in [-0.39, 0.29) is 11.8 Å². The molecule has 2 aromatic rings. The zero-order valence-corrected chi connectivity index (χ0v) is 16.3. The SMILES string of the molecule is CC(C)c1cc(N)c(Cl)c(CC(C)c2cccc(Cl)c2Cl)c1Cl. The average molecular weight is 391 g/mol. The quantitative estimate of drug-likeness (QED) is 0.542. The van der Waals surface area contributed by atoms with Crippen molar-refractivity contribution in [3.63, 3.8) is 0 Å². The average Bonchev–Trinajstić information content (AvgIpc) is 2.49. The third kappa shape index (κ3) is 3.91. The minimum Gasteiger partial charge on any atom is -0.398 e. The summed E-state index contributed by atoms with van der Waals surface area (Å²) in [4.78, 5) is 0. The first-order chi connectivity index (χ1) is 10.7.